The van der Waals surface area contributed by atoms with Crippen LogP contribution in [0.25, 0.3) is 0 Å². The predicted molar refractivity (Wildman–Crippen MR) is 55.4 cm³/mol. The number of hydrogen-bond acceptors (Lipinski definition) is 2. The summed E-state index contributed by atoms with van der Waals surface area (Å²) in [7, 11) is 0. The lowest BCUT2D eigenvalue weighted by atomic mass is 9.87. The predicted octanol–water partition coefficient (Wildman–Crippen LogP) is 2.21. The van der Waals surface area contributed by atoms with E-state index in [0.29, 0.717) is 12.0 Å². The first-order valence-electron chi connectivity index (χ1n) is 4.99. The molecule has 15 heavy (non-hydrogen) atoms. The van der Waals surface area contributed by atoms with Crippen molar-refractivity contribution in [3.05, 3.63) is 34.4 Å². The third-order valence-electron chi connectivity index (χ3n) is 2.83. The number of Topliss-reactive ketones (excluding diaryl/α,β-unsaturated/α-hetero) is 1. The third kappa shape index (κ3) is 1.65. The van der Waals surface area contributed by atoms with Gasteiger partial charge in [-0.25, -0.2) is 4.79 Å². The minimum atomic E-state index is -0.964. The van der Waals surface area contributed by atoms with E-state index in [1.807, 2.05) is 6.07 Å². The third-order valence-corrected chi connectivity index (χ3v) is 2.83. The Balaban J connectivity index is 2.60. The maximum absolute atomic E-state index is 11.6. The molecule has 0 radical (unpaired) electrons. The van der Waals surface area contributed by atoms with Gasteiger partial charge in [-0.05, 0) is 37.0 Å². The van der Waals surface area contributed by atoms with Gasteiger partial charge in [-0.3, -0.25) is 4.79 Å². The fraction of sp³-hybridized carbons (Fsp3) is 0.333. The normalized spacial score (nSPS) is 14.9. The van der Waals surface area contributed by atoms with Gasteiger partial charge in [0.15, 0.2) is 5.78 Å². The molecule has 0 spiro atoms. The van der Waals surface area contributed by atoms with Crippen molar-refractivity contribution in [1.82, 2.24) is 0 Å². The number of aryl methyl sites for hydroxylation is 2. The molecular weight excluding hydrogens is 192 g/mol. The van der Waals surface area contributed by atoms with Gasteiger partial charge < -0.3 is 5.11 Å². The Morgan fingerprint density at radius 2 is 2.07 bits per heavy atom. The van der Waals surface area contributed by atoms with Gasteiger partial charge >= 0.3 is 5.97 Å². The summed E-state index contributed by atoms with van der Waals surface area (Å²) < 4.78 is 0. The number of ketones is 1. The molecule has 3 heteroatoms. The van der Waals surface area contributed by atoms with Crippen LogP contribution in [0.1, 0.15) is 44.7 Å². The Hall–Kier alpha value is -1.64. The van der Waals surface area contributed by atoms with Gasteiger partial charge in [0.1, 0.15) is 0 Å². The van der Waals surface area contributed by atoms with E-state index in [0.717, 1.165) is 24.0 Å². The van der Waals surface area contributed by atoms with Gasteiger partial charge in [-0.1, -0.05) is 6.07 Å². The van der Waals surface area contributed by atoms with Crippen LogP contribution in [0.15, 0.2) is 12.1 Å². The molecular formula is C12H12O3. The molecule has 0 saturated carbocycles. The summed E-state index contributed by atoms with van der Waals surface area (Å²) in [6.07, 6.45) is 2.29. The second-order valence-electron chi connectivity index (χ2n) is 3.91. The molecule has 78 valence electrons. The Morgan fingerprint density at radius 1 is 1.33 bits per heavy atom. The quantitative estimate of drug-likeness (QED) is 0.763. The minimum Gasteiger partial charge on any atom is -0.478 e. The van der Waals surface area contributed by atoms with E-state index in [2.05, 4.69) is 0 Å². The van der Waals surface area contributed by atoms with E-state index >= 15 is 0 Å². The van der Waals surface area contributed by atoms with E-state index in [4.69, 9.17) is 5.11 Å². The summed E-state index contributed by atoms with van der Waals surface area (Å²) in [4.78, 5) is 22.5. The Bertz CT molecular complexity index is 446. The molecule has 1 aromatic rings. The van der Waals surface area contributed by atoms with Crippen LogP contribution in [0.5, 0.6) is 0 Å². The fourth-order valence-corrected chi connectivity index (χ4v) is 2.04. The molecule has 1 N–H and O–H groups in total. The van der Waals surface area contributed by atoms with Crippen LogP contribution in [0.3, 0.4) is 0 Å². The molecule has 0 unspecified atom stereocenters. The van der Waals surface area contributed by atoms with Gasteiger partial charge in [-0.15, -0.1) is 0 Å². The number of rotatable bonds is 1. The zero-order chi connectivity index (χ0) is 11.0. The highest BCUT2D eigenvalue weighted by atomic mass is 16.4. The molecule has 1 aliphatic rings. The fourth-order valence-electron chi connectivity index (χ4n) is 2.04. The standard InChI is InChI=1S/C12H12O3/c1-7-5-8-3-2-4-11(13)10(8)6-9(7)12(14)15/h5-6H,2-4H2,1H3,(H,14,15). The SMILES string of the molecule is Cc1cc2c(cc1C(=O)O)C(=O)CCC2. The number of carboxylic acids is 1. The van der Waals surface area contributed by atoms with Gasteiger partial charge in [0.2, 0.25) is 0 Å². The summed E-state index contributed by atoms with van der Waals surface area (Å²) in [6, 6.07) is 3.35. The molecule has 0 aliphatic heterocycles. The van der Waals surface area contributed by atoms with E-state index < -0.39 is 5.97 Å². The lowest BCUT2D eigenvalue weighted by molar-refractivity contribution is 0.0696. The lowest BCUT2D eigenvalue weighted by Crippen LogP contribution is -2.13. The molecule has 1 aromatic carbocycles. The van der Waals surface area contributed by atoms with Crippen molar-refractivity contribution in [1.29, 1.82) is 0 Å². The van der Waals surface area contributed by atoms with Crippen LogP contribution < -0.4 is 0 Å². The van der Waals surface area contributed by atoms with E-state index in [1.54, 1.807) is 6.92 Å². The van der Waals surface area contributed by atoms with Gasteiger partial charge in [0.05, 0.1) is 5.56 Å². The first kappa shape index (κ1) is 9.90. The van der Waals surface area contributed by atoms with Gasteiger partial charge in [-0.2, -0.15) is 0 Å². The number of aromatic carboxylic acids is 1. The second kappa shape index (κ2) is 3.50. The smallest absolute Gasteiger partial charge is 0.335 e. The summed E-state index contributed by atoms with van der Waals surface area (Å²) in [5.41, 5.74) is 2.57. The van der Waals surface area contributed by atoms with Crippen molar-refractivity contribution in [3.63, 3.8) is 0 Å². The average Bonchev–Trinajstić information content (AvgIpc) is 2.16. The Labute approximate surface area is 87.7 Å². The Kier molecular flexibility index (Phi) is 2.31. The second-order valence-corrected chi connectivity index (χ2v) is 3.91. The summed E-state index contributed by atoms with van der Waals surface area (Å²) >= 11 is 0. The average molecular weight is 204 g/mol. The summed E-state index contributed by atoms with van der Waals surface area (Å²) in [6.45, 7) is 1.77. The monoisotopic (exact) mass is 204 g/mol. The van der Waals surface area contributed by atoms with Crippen LogP contribution in [0, 0.1) is 6.92 Å². The molecule has 0 heterocycles. The van der Waals surface area contributed by atoms with Crippen molar-refractivity contribution >= 4 is 11.8 Å². The molecule has 0 aromatic heterocycles. The molecule has 0 amide bonds. The first-order valence-corrected chi connectivity index (χ1v) is 4.99. The van der Waals surface area contributed by atoms with Gasteiger partial charge in [0.25, 0.3) is 0 Å². The van der Waals surface area contributed by atoms with Gasteiger partial charge in [0, 0.05) is 12.0 Å². The largest absolute Gasteiger partial charge is 0.478 e. The molecule has 0 atom stereocenters. The molecule has 2 rings (SSSR count). The van der Waals surface area contributed by atoms with E-state index in [-0.39, 0.29) is 11.3 Å². The van der Waals surface area contributed by atoms with Crippen LogP contribution in [-0.4, -0.2) is 16.9 Å². The first-order chi connectivity index (χ1) is 7.09. The highest BCUT2D eigenvalue weighted by molar-refractivity contribution is 6.01. The molecule has 1 aliphatic carbocycles. The highest BCUT2D eigenvalue weighted by Gasteiger charge is 2.20. The van der Waals surface area contributed by atoms with Crippen molar-refractivity contribution in [2.45, 2.75) is 26.2 Å². The van der Waals surface area contributed by atoms with Crippen molar-refractivity contribution in [2.75, 3.05) is 0 Å². The molecule has 3 nitrogen and oxygen atoms in total. The maximum atomic E-state index is 11.6. The van der Waals surface area contributed by atoms with E-state index in [9.17, 15) is 9.59 Å². The number of carboxylic acid groups (broad SMARTS) is 1. The zero-order valence-corrected chi connectivity index (χ0v) is 8.54. The number of carbonyl (C=O) groups excluding carboxylic acids is 1. The van der Waals surface area contributed by atoms with Crippen LogP contribution in [-0.2, 0) is 6.42 Å². The van der Waals surface area contributed by atoms with Crippen LogP contribution in [0.2, 0.25) is 0 Å². The Morgan fingerprint density at radius 3 is 2.73 bits per heavy atom. The van der Waals surface area contributed by atoms with Crippen molar-refractivity contribution in [2.24, 2.45) is 0 Å². The summed E-state index contributed by atoms with van der Waals surface area (Å²) in [5.74, 6) is -0.896. The van der Waals surface area contributed by atoms with Crippen LogP contribution >= 0.6 is 0 Å². The minimum absolute atomic E-state index is 0.0683. The molecule has 0 saturated heterocycles. The maximum Gasteiger partial charge on any atom is 0.335 e. The van der Waals surface area contributed by atoms with Crippen molar-refractivity contribution in [3.8, 4) is 0 Å². The zero-order valence-electron chi connectivity index (χ0n) is 8.54. The number of fused-ring (bicyclic) bond motifs is 1. The van der Waals surface area contributed by atoms with Crippen LogP contribution in [0.4, 0.5) is 0 Å². The number of hydrogen-bond donors (Lipinski definition) is 1. The van der Waals surface area contributed by atoms with Crippen molar-refractivity contribution < 1.29 is 14.7 Å². The highest BCUT2D eigenvalue weighted by Crippen LogP contribution is 2.24. The number of carbonyl (C=O) groups is 2. The lowest BCUT2D eigenvalue weighted by Gasteiger charge is -2.16. The summed E-state index contributed by atoms with van der Waals surface area (Å²) in [5, 5.41) is 8.94. The van der Waals surface area contributed by atoms with E-state index in [1.165, 1.54) is 6.07 Å². The molecule has 0 bridgehead atoms. The molecule has 0 fully saturated rings. The topological polar surface area (TPSA) is 54.4 Å². The number of benzene rings is 1.